The third-order valence-corrected chi connectivity index (χ3v) is 8.61. The predicted octanol–water partition coefficient (Wildman–Crippen LogP) is 6.74. The van der Waals surface area contributed by atoms with Crippen LogP contribution in [0.2, 0.25) is 13.1 Å². The van der Waals surface area contributed by atoms with Crippen LogP contribution in [0.25, 0.3) is 11.3 Å². The molecule has 266 valence electrons. The van der Waals surface area contributed by atoms with E-state index in [1.165, 1.54) is 52.1 Å². The SMILES string of the molecule is COC(=O)c1cccc(-c2ccc(NC(=O)OCc3ccccc3)c(=O)n2CC(=O)NC(O[SiH](C)C)(C(C)C)C(C(C)(C)C)C(F)(F)F)c1. The van der Waals surface area contributed by atoms with Gasteiger partial charge in [0.15, 0.2) is 9.04 Å². The van der Waals surface area contributed by atoms with E-state index in [9.17, 15) is 32.3 Å². The largest absolute Gasteiger partial charge is 0.465 e. The summed E-state index contributed by atoms with van der Waals surface area (Å²) in [7, 11) is -1.02. The van der Waals surface area contributed by atoms with E-state index in [0.717, 1.165) is 4.57 Å². The Kier molecular flexibility index (Phi) is 12.6. The molecule has 3 aromatic rings. The van der Waals surface area contributed by atoms with E-state index in [1.807, 2.05) is 0 Å². The third-order valence-electron chi connectivity index (χ3n) is 7.75. The van der Waals surface area contributed by atoms with E-state index in [-0.39, 0.29) is 23.6 Å². The molecule has 2 N–H and O–H groups in total. The molecule has 14 heteroatoms. The van der Waals surface area contributed by atoms with E-state index in [4.69, 9.17) is 13.9 Å². The van der Waals surface area contributed by atoms with Gasteiger partial charge in [-0.15, -0.1) is 0 Å². The Morgan fingerprint density at radius 3 is 2.14 bits per heavy atom. The number of rotatable bonds is 12. The molecule has 0 aliphatic rings. The monoisotopic (exact) mass is 703 g/mol. The third kappa shape index (κ3) is 9.82. The van der Waals surface area contributed by atoms with Crippen molar-refractivity contribution in [1.82, 2.24) is 9.88 Å². The van der Waals surface area contributed by atoms with Crippen molar-refractivity contribution in [1.29, 1.82) is 0 Å². The maximum Gasteiger partial charge on any atom is 0.412 e. The first-order valence-electron chi connectivity index (χ1n) is 15.8. The van der Waals surface area contributed by atoms with Crippen LogP contribution in [0.3, 0.4) is 0 Å². The minimum atomic E-state index is -4.76. The Labute approximate surface area is 285 Å². The zero-order chi connectivity index (χ0) is 36.7. The molecule has 1 heterocycles. The molecule has 10 nitrogen and oxygen atoms in total. The van der Waals surface area contributed by atoms with Crippen LogP contribution in [0, 0.1) is 17.3 Å². The molecule has 0 fully saturated rings. The average molecular weight is 704 g/mol. The predicted molar refractivity (Wildman–Crippen MR) is 182 cm³/mol. The molecule has 3 rings (SSSR count). The highest BCUT2D eigenvalue weighted by molar-refractivity contribution is 6.48. The van der Waals surface area contributed by atoms with E-state index in [0.29, 0.717) is 11.1 Å². The van der Waals surface area contributed by atoms with E-state index >= 15 is 0 Å². The fourth-order valence-electron chi connectivity index (χ4n) is 5.83. The average Bonchev–Trinajstić information content (AvgIpc) is 3.00. The van der Waals surface area contributed by atoms with Crippen LogP contribution < -0.4 is 16.2 Å². The van der Waals surface area contributed by atoms with Gasteiger partial charge in [0.25, 0.3) is 5.56 Å². The molecule has 0 bridgehead atoms. The highest BCUT2D eigenvalue weighted by atomic mass is 28.3. The van der Waals surface area contributed by atoms with Crippen molar-refractivity contribution in [3.8, 4) is 11.3 Å². The molecule has 0 saturated carbocycles. The van der Waals surface area contributed by atoms with E-state index in [2.05, 4.69) is 10.6 Å². The molecule has 2 amide bonds. The van der Waals surface area contributed by atoms with Crippen LogP contribution in [0.5, 0.6) is 0 Å². The topological polar surface area (TPSA) is 125 Å². The number of nitrogens with one attached hydrogen (secondary N) is 2. The van der Waals surface area contributed by atoms with Crippen LogP contribution in [-0.2, 0) is 31.8 Å². The molecule has 0 radical (unpaired) electrons. The van der Waals surface area contributed by atoms with Crippen LogP contribution >= 0.6 is 0 Å². The number of alkyl halides is 3. The van der Waals surface area contributed by atoms with Crippen LogP contribution in [0.15, 0.2) is 71.5 Å². The summed E-state index contributed by atoms with van der Waals surface area (Å²) in [5.41, 5.74) is -3.31. The zero-order valence-corrected chi connectivity index (χ0v) is 30.1. The van der Waals surface area contributed by atoms with Crippen molar-refractivity contribution >= 4 is 32.7 Å². The minimum absolute atomic E-state index is 0.0771. The zero-order valence-electron chi connectivity index (χ0n) is 28.9. The normalized spacial score (nSPS) is 13.8. The number of anilines is 1. The number of nitrogens with zero attached hydrogens (tertiary/aromatic N) is 1. The maximum atomic E-state index is 14.9. The van der Waals surface area contributed by atoms with Crippen LogP contribution in [0.1, 0.15) is 50.5 Å². The van der Waals surface area contributed by atoms with Crippen LogP contribution in [-0.4, -0.2) is 50.6 Å². The lowest BCUT2D eigenvalue weighted by atomic mass is 9.70. The number of esters is 1. The van der Waals surface area contributed by atoms with Gasteiger partial charge in [-0.2, -0.15) is 13.2 Å². The second-order valence-electron chi connectivity index (χ2n) is 13.3. The Balaban J connectivity index is 2.11. The van der Waals surface area contributed by atoms with Gasteiger partial charge >= 0.3 is 18.2 Å². The Bertz CT molecular complexity index is 1670. The number of amides is 2. The fourth-order valence-corrected chi connectivity index (χ4v) is 7.07. The number of carbonyl (C=O) groups is 3. The number of ether oxygens (including phenoxy) is 2. The Hall–Kier alpha value is -4.43. The van der Waals surface area contributed by atoms with Gasteiger partial charge in [0.05, 0.1) is 18.4 Å². The summed E-state index contributed by atoms with van der Waals surface area (Å²) >= 11 is 0. The molecule has 0 spiro atoms. The van der Waals surface area contributed by atoms with Crippen molar-refractivity contribution in [2.45, 2.75) is 72.8 Å². The van der Waals surface area contributed by atoms with Crippen LogP contribution in [0.4, 0.5) is 23.7 Å². The van der Waals surface area contributed by atoms with Gasteiger partial charge in [-0.05, 0) is 53.9 Å². The van der Waals surface area contributed by atoms with Crippen molar-refractivity contribution in [3.05, 3.63) is 88.2 Å². The van der Waals surface area contributed by atoms with Gasteiger partial charge in [-0.3, -0.25) is 19.5 Å². The summed E-state index contributed by atoms with van der Waals surface area (Å²) < 4.78 is 61.8. The Morgan fingerprint density at radius 2 is 1.59 bits per heavy atom. The molecule has 2 atom stereocenters. The molecule has 0 saturated heterocycles. The summed E-state index contributed by atoms with van der Waals surface area (Å²) in [6.07, 6.45) is -5.70. The molecule has 0 aliphatic carbocycles. The lowest BCUT2D eigenvalue weighted by Gasteiger charge is -2.51. The fraction of sp³-hybridized carbons (Fsp3) is 0.429. The van der Waals surface area contributed by atoms with Crippen molar-refractivity contribution in [2.24, 2.45) is 17.3 Å². The Morgan fingerprint density at radius 1 is 0.939 bits per heavy atom. The first-order valence-corrected chi connectivity index (χ1v) is 18.5. The number of carbonyl (C=O) groups excluding carboxylic acids is 3. The first kappa shape index (κ1) is 39.0. The molecular weight excluding hydrogens is 659 g/mol. The quantitative estimate of drug-likeness (QED) is 0.122. The molecule has 1 aromatic heterocycles. The van der Waals surface area contributed by atoms with Gasteiger partial charge in [-0.25, -0.2) is 9.59 Å². The van der Waals surface area contributed by atoms with E-state index < -0.39 is 68.3 Å². The molecule has 2 aromatic carbocycles. The number of halogens is 3. The summed E-state index contributed by atoms with van der Waals surface area (Å²) in [5.74, 6) is -4.53. The van der Waals surface area contributed by atoms with Gasteiger partial charge in [0.2, 0.25) is 5.91 Å². The summed E-state index contributed by atoms with van der Waals surface area (Å²) in [6.45, 7) is 9.98. The summed E-state index contributed by atoms with van der Waals surface area (Å²) in [5, 5.41) is 4.97. The van der Waals surface area contributed by atoms with Gasteiger partial charge in [0.1, 0.15) is 30.5 Å². The summed E-state index contributed by atoms with van der Waals surface area (Å²) in [4.78, 5) is 52.8. The highest BCUT2D eigenvalue weighted by Crippen LogP contribution is 2.49. The number of hydrogen-bond donors (Lipinski definition) is 2. The highest BCUT2D eigenvalue weighted by Gasteiger charge is 2.61. The lowest BCUT2D eigenvalue weighted by molar-refractivity contribution is -0.265. The molecule has 49 heavy (non-hydrogen) atoms. The minimum Gasteiger partial charge on any atom is -0.465 e. The summed E-state index contributed by atoms with van der Waals surface area (Å²) in [6, 6.07) is 17.7. The van der Waals surface area contributed by atoms with Crippen molar-refractivity contribution in [2.75, 3.05) is 12.4 Å². The number of benzene rings is 2. The molecule has 2 unspecified atom stereocenters. The second kappa shape index (κ2) is 15.9. The standard InChI is InChI=1S/C35H44F3N3O7Si/c1-22(2)34(48-49(7)8,31(33(3,4)5)35(36,37)38)40-28(42)20-41-27(24-15-12-16-25(19-24)30(44)46-6)18-17-26(29(41)43)39-32(45)47-21-23-13-10-9-11-14-23/h9-19,22,31,49H,20-21H2,1-8H3,(H,39,45)(H,40,42). The van der Waals surface area contributed by atoms with Gasteiger partial charge in [0, 0.05) is 5.92 Å². The lowest BCUT2D eigenvalue weighted by Crippen LogP contribution is -2.67. The number of hydrogen-bond acceptors (Lipinski definition) is 7. The van der Waals surface area contributed by atoms with E-state index in [1.54, 1.807) is 69.4 Å². The van der Waals surface area contributed by atoms with Gasteiger partial charge < -0.3 is 19.2 Å². The van der Waals surface area contributed by atoms with Crippen molar-refractivity contribution in [3.63, 3.8) is 0 Å². The number of aromatic nitrogens is 1. The maximum absolute atomic E-state index is 14.9. The molecule has 0 aliphatic heterocycles. The van der Waals surface area contributed by atoms with Gasteiger partial charge in [-0.1, -0.05) is 77.1 Å². The smallest absolute Gasteiger partial charge is 0.412 e. The molecular formula is C35H44F3N3O7Si. The first-order chi connectivity index (χ1) is 22.8. The second-order valence-corrected chi connectivity index (χ2v) is 15.6. The van der Waals surface area contributed by atoms with Crippen molar-refractivity contribution < 1.29 is 41.5 Å². The number of pyridine rings is 1. The number of methoxy groups -OCH3 is 1.